The number of H-pyrrole nitrogens is 1. The Labute approximate surface area is 112 Å². The summed E-state index contributed by atoms with van der Waals surface area (Å²) in [7, 11) is 0. The van der Waals surface area contributed by atoms with Gasteiger partial charge in [0.1, 0.15) is 0 Å². The zero-order valence-corrected chi connectivity index (χ0v) is 10.9. The molecule has 2 heterocycles. The standard InChI is InChI=1S/C15H20N4/c16-19-7-9-4-12-11-2-1-3-13-15(11)10(8-18-13)5-14(12)17-6-9/h1-3,8-9,12,14,17-19H,4-7,16H2/t9?,12-,14-/m1/s1. The van der Waals surface area contributed by atoms with Crippen LogP contribution in [0.4, 0.5) is 0 Å². The maximum atomic E-state index is 5.48. The van der Waals surface area contributed by atoms with Crippen molar-refractivity contribution in [3.8, 4) is 0 Å². The molecule has 100 valence electrons. The fourth-order valence-electron chi connectivity index (χ4n) is 3.94. The van der Waals surface area contributed by atoms with Gasteiger partial charge in [0.15, 0.2) is 0 Å². The van der Waals surface area contributed by atoms with Crippen molar-refractivity contribution < 1.29 is 0 Å². The molecule has 3 atom stereocenters. The Morgan fingerprint density at radius 1 is 1.37 bits per heavy atom. The molecule has 2 aromatic rings. The first-order valence-electron chi connectivity index (χ1n) is 7.12. The topological polar surface area (TPSA) is 65.9 Å². The van der Waals surface area contributed by atoms with Crippen LogP contribution in [-0.4, -0.2) is 24.1 Å². The summed E-state index contributed by atoms with van der Waals surface area (Å²) < 4.78 is 0. The second kappa shape index (κ2) is 4.34. The molecule has 0 saturated carbocycles. The van der Waals surface area contributed by atoms with Gasteiger partial charge >= 0.3 is 0 Å². The molecule has 4 rings (SSSR count). The van der Waals surface area contributed by atoms with Crippen molar-refractivity contribution in [3.05, 3.63) is 35.5 Å². The summed E-state index contributed by atoms with van der Waals surface area (Å²) in [6, 6.07) is 7.24. The lowest BCUT2D eigenvalue weighted by molar-refractivity contribution is 0.263. The monoisotopic (exact) mass is 256 g/mol. The van der Waals surface area contributed by atoms with Gasteiger partial charge in [-0.2, -0.15) is 0 Å². The maximum absolute atomic E-state index is 5.48. The average molecular weight is 256 g/mol. The highest BCUT2D eigenvalue weighted by molar-refractivity contribution is 5.88. The van der Waals surface area contributed by atoms with E-state index in [2.05, 4.69) is 40.1 Å². The summed E-state index contributed by atoms with van der Waals surface area (Å²) >= 11 is 0. The van der Waals surface area contributed by atoms with Gasteiger partial charge in [-0.05, 0) is 42.5 Å². The molecule has 19 heavy (non-hydrogen) atoms. The molecule has 5 N–H and O–H groups in total. The van der Waals surface area contributed by atoms with Crippen LogP contribution in [0.1, 0.15) is 23.5 Å². The number of piperidine rings is 1. The van der Waals surface area contributed by atoms with Crippen LogP contribution in [0.2, 0.25) is 0 Å². The Hall–Kier alpha value is -1.36. The predicted octanol–water partition coefficient (Wildman–Crippen LogP) is 1.25. The zero-order valence-electron chi connectivity index (χ0n) is 10.9. The third kappa shape index (κ3) is 1.71. The molecule has 0 amide bonds. The number of nitrogens with two attached hydrogens (primary N) is 1. The Morgan fingerprint density at radius 2 is 2.32 bits per heavy atom. The van der Waals surface area contributed by atoms with E-state index in [1.165, 1.54) is 28.5 Å². The number of rotatable bonds is 2. The summed E-state index contributed by atoms with van der Waals surface area (Å²) in [5, 5.41) is 5.18. The van der Waals surface area contributed by atoms with E-state index in [0.717, 1.165) is 19.5 Å². The SMILES string of the molecule is NNCC1CN[C@@H]2Cc3c[nH]c4cccc(c34)[C@H]2C1. The number of nitrogens with one attached hydrogen (secondary N) is 3. The summed E-state index contributed by atoms with van der Waals surface area (Å²) in [4.78, 5) is 3.41. The molecular formula is C15H20N4. The molecule has 1 unspecified atom stereocenters. The van der Waals surface area contributed by atoms with Crippen LogP contribution in [0.5, 0.6) is 0 Å². The fourth-order valence-corrected chi connectivity index (χ4v) is 3.94. The van der Waals surface area contributed by atoms with Gasteiger partial charge in [-0.25, -0.2) is 0 Å². The first kappa shape index (κ1) is 11.5. The van der Waals surface area contributed by atoms with Gasteiger partial charge in [0.05, 0.1) is 0 Å². The molecule has 1 aromatic heterocycles. The molecule has 2 aliphatic rings. The molecule has 0 bridgehead atoms. The minimum atomic E-state index is 0.586. The first-order chi connectivity index (χ1) is 9.36. The Kier molecular flexibility index (Phi) is 2.62. The summed E-state index contributed by atoms with van der Waals surface area (Å²) in [5.41, 5.74) is 7.09. The molecule has 1 fully saturated rings. The number of aromatic amines is 1. The molecule has 1 aliphatic heterocycles. The number of hydrogen-bond acceptors (Lipinski definition) is 3. The van der Waals surface area contributed by atoms with Crippen LogP contribution in [-0.2, 0) is 6.42 Å². The van der Waals surface area contributed by atoms with Crippen molar-refractivity contribution in [1.82, 2.24) is 15.7 Å². The number of hydrazine groups is 1. The van der Waals surface area contributed by atoms with Gasteiger partial charge in [-0.15, -0.1) is 0 Å². The van der Waals surface area contributed by atoms with Gasteiger partial charge in [0.2, 0.25) is 0 Å². The minimum absolute atomic E-state index is 0.586. The molecule has 4 nitrogen and oxygen atoms in total. The van der Waals surface area contributed by atoms with Gasteiger partial charge in [0, 0.05) is 35.6 Å². The van der Waals surface area contributed by atoms with Crippen LogP contribution >= 0.6 is 0 Å². The first-order valence-corrected chi connectivity index (χ1v) is 7.12. The van der Waals surface area contributed by atoms with Crippen molar-refractivity contribution in [3.63, 3.8) is 0 Å². The summed E-state index contributed by atoms with van der Waals surface area (Å²) in [5.74, 6) is 6.73. The third-order valence-electron chi connectivity index (χ3n) is 4.81. The van der Waals surface area contributed by atoms with E-state index in [4.69, 9.17) is 5.84 Å². The lowest BCUT2D eigenvalue weighted by atomic mass is 9.73. The normalized spacial score (nSPS) is 29.4. The highest BCUT2D eigenvalue weighted by Crippen LogP contribution is 2.41. The second-order valence-corrected chi connectivity index (χ2v) is 5.92. The second-order valence-electron chi connectivity index (χ2n) is 5.92. The lowest BCUT2D eigenvalue weighted by Gasteiger charge is -2.40. The van der Waals surface area contributed by atoms with Crippen LogP contribution in [0.15, 0.2) is 24.4 Å². The number of benzene rings is 1. The van der Waals surface area contributed by atoms with E-state index < -0.39 is 0 Å². The van der Waals surface area contributed by atoms with E-state index in [-0.39, 0.29) is 0 Å². The maximum Gasteiger partial charge on any atom is 0.0459 e. The van der Waals surface area contributed by atoms with Gasteiger partial charge < -0.3 is 10.3 Å². The molecule has 0 spiro atoms. The summed E-state index contributed by atoms with van der Waals surface area (Å²) in [6.45, 7) is 1.97. The van der Waals surface area contributed by atoms with Crippen LogP contribution in [0, 0.1) is 5.92 Å². The van der Waals surface area contributed by atoms with Crippen molar-refractivity contribution in [2.45, 2.75) is 24.8 Å². The van der Waals surface area contributed by atoms with Crippen molar-refractivity contribution in [2.75, 3.05) is 13.1 Å². The minimum Gasteiger partial charge on any atom is -0.361 e. The van der Waals surface area contributed by atoms with E-state index in [9.17, 15) is 0 Å². The zero-order chi connectivity index (χ0) is 12.8. The van der Waals surface area contributed by atoms with E-state index >= 15 is 0 Å². The summed E-state index contributed by atoms with van der Waals surface area (Å²) in [6.07, 6.45) is 4.55. The van der Waals surface area contributed by atoms with Crippen LogP contribution < -0.4 is 16.6 Å². The average Bonchev–Trinajstić information content (AvgIpc) is 2.85. The molecule has 1 saturated heterocycles. The Morgan fingerprint density at radius 3 is 3.21 bits per heavy atom. The quantitative estimate of drug-likeness (QED) is 0.483. The highest BCUT2D eigenvalue weighted by Gasteiger charge is 2.35. The van der Waals surface area contributed by atoms with Crippen LogP contribution in [0.3, 0.4) is 0 Å². The molecule has 1 aromatic carbocycles. The smallest absolute Gasteiger partial charge is 0.0459 e. The number of fused-ring (bicyclic) bond motifs is 2. The fraction of sp³-hybridized carbons (Fsp3) is 0.467. The van der Waals surface area contributed by atoms with Gasteiger partial charge in [-0.3, -0.25) is 11.3 Å². The lowest BCUT2D eigenvalue weighted by Crippen LogP contribution is -2.49. The van der Waals surface area contributed by atoms with E-state index in [1.54, 1.807) is 0 Å². The van der Waals surface area contributed by atoms with Crippen molar-refractivity contribution in [2.24, 2.45) is 11.8 Å². The molecule has 4 heteroatoms. The molecule has 0 radical (unpaired) electrons. The molecular weight excluding hydrogens is 236 g/mol. The van der Waals surface area contributed by atoms with Crippen LogP contribution in [0.25, 0.3) is 10.9 Å². The number of hydrogen-bond donors (Lipinski definition) is 4. The predicted molar refractivity (Wildman–Crippen MR) is 76.8 cm³/mol. The molecule has 1 aliphatic carbocycles. The third-order valence-corrected chi connectivity index (χ3v) is 4.81. The van der Waals surface area contributed by atoms with Crippen molar-refractivity contribution >= 4 is 10.9 Å². The highest BCUT2D eigenvalue weighted by atomic mass is 15.2. The van der Waals surface area contributed by atoms with Gasteiger partial charge in [-0.1, -0.05) is 12.1 Å². The number of aromatic nitrogens is 1. The van der Waals surface area contributed by atoms with E-state index in [1.807, 2.05) is 0 Å². The Balaban J connectivity index is 1.76. The van der Waals surface area contributed by atoms with E-state index in [0.29, 0.717) is 17.9 Å². The van der Waals surface area contributed by atoms with Gasteiger partial charge in [0.25, 0.3) is 0 Å². The largest absolute Gasteiger partial charge is 0.361 e. The van der Waals surface area contributed by atoms with Crippen molar-refractivity contribution in [1.29, 1.82) is 0 Å². The Bertz CT molecular complexity index is 603.